The molecule has 0 saturated heterocycles. The highest BCUT2D eigenvalue weighted by Gasteiger charge is 2.13. The fourth-order valence-electron chi connectivity index (χ4n) is 1.91. The van der Waals surface area contributed by atoms with Gasteiger partial charge in [0, 0.05) is 17.3 Å². The van der Waals surface area contributed by atoms with E-state index in [0.717, 1.165) is 0 Å². The Morgan fingerprint density at radius 3 is 2.56 bits per heavy atom. The highest BCUT2D eigenvalue weighted by molar-refractivity contribution is 6.39. The van der Waals surface area contributed by atoms with Gasteiger partial charge in [0.1, 0.15) is 5.75 Å². The largest absolute Gasteiger partial charge is 0.504 e. The number of hydrogen-bond donors (Lipinski definition) is 3. The molecule has 0 heterocycles. The molecular formula is C17H17N3O5. The third kappa shape index (κ3) is 4.71. The molecule has 0 unspecified atom stereocenters. The van der Waals surface area contributed by atoms with Crippen molar-refractivity contribution in [3.05, 3.63) is 48.0 Å². The lowest BCUT2D eigenvalue weighted by Crippen LogP contribution is -2.32. The van der Waals surface area contributed by atoms with E-state index >= 15 is 0 Å². The van der Waals surface area contributed by atoms with Crippen molar-refractivity contribution in [1.29, 1.82) is 0 Å². The molecule has 0 aromatic heterocycles. The maximum atomic E-state index is 11.8. The normalized spacial score (nSPS) is 10.3. The predicted molar refractivity (Wildman–Crippen MR) is 92.0 cm³/mol. The number of carbonyl (C=O) groups excluding carboxylic acids is 2. The smallest absolute Gasteiger partial charge is 0.329 e. The highest BCUT2D eigenvalue weighted by atomic mass is 16.5. The number of aromatic hydroxyl groups is 1. The summed E-state index contributed by atoms with van der Waals surface area (Å²) in [6, 6.07) is 11.4. The Morgan fingerprint density at radius 2 is 1.84 bits per heavy atom. The number of nitrogens with zero attached hydrogens (tertiary/aromatic N) is 1. The molecule has 3 N–H and O–H groups in total. The van der Waals surface area contributed by atoms with E-state index in [1.807, 2.05) is 0 Å². The minimum Gasteiger partial charge on any atom is -0.504 e. The van der Waals surface area contributed by atoms with Gasteiger partial charge >= 0.3 is 11.8 Å². The Morgan fingerprint density at radius 1 is 1.08 bits per heavy atom. The molecule has 0 saturated carbocycles. The van der Waals surface area contributed by atoms with E-state index < -0.39 is 11.8 Å². The first-order valence-corrected chi connectivity index (χ1v) is 7.19. The zero-order valence-corrected chi connectivity index (χ0v) is 13.6. The summed E-state index contributed by atoms with van der Waals surface area (Å²) in [5.74, 6) is -1.15. The van der Waals surface area contributed by atoms with Crippen LogP contribution in [0.4, 0.5) is 5.69 Å². The van der Waals surface area contributed by atoms with Crippen molar-refractivity contribution in [3.8, 4) is 17.2 Å². The van der Waals surface area contributed by atoms with Crippen LogP contribution in [0.3, 0.4) is 0 Å². The molecule has 8 heteroatoms. The zero-order valence-electron chi connectivity index (χ0n) is 13.6. The minimum atomic E-state index is -0.957. The summed E-state index contributed by atoms with van der Waals surface area (Å²) in [6.07, 6.45) is 1.20. The number of hydrazone groups is 1. The number of phenolic OH excluding ortho intramolecular Hbond substituents is 1. The number of methoxy groups -OCH3 is 2. The molecule has 0 aliphatic carbocycles. The summed E-state index contributed by atoms with van der Waals surface area (Å²) in [6.45, 7) is 0. The number of benzene rings is 2. The molecule has 130 valence electrons. The lowest BCUT2D eigenvalue weighted by molar-refractivity contribution is -0.136. The maximum absolute atomic E-state index is 11.8. The van der Waals surface area contributed by atoms with E-state index in [9.17, 15) is 14.7 Å². The van der Waals surface area contributed by atoms with Crippen molar-refractivity contribution < 1.29 is 24.2 Å². The summed E-state index contributed by atoms with van der Waals surface area (Å²) in [7, 11) is 2.91. The summed E-state index contributed by atoms with van der Waals surface area (Å²) < 4.78 is 9.99. The Hall–Kier alpha value is -3.55. The Balaban J connectivity index is 1.96. The van der Waals surface area contributed by atoms with Crippen LogP contribution in [0.25, 0.3) is 0 Å². The van der Waals surface area contributed by atoms with Gasteiger partial charge in [0.05, 0.1) is 20.4 Å². The molecule has 2 amide bonds. The molecule has 2 aromatic rings. The first-order valence-electron chi connectivity index (χ1n) is 7.19. The van der Waals surface area contributed by atoms with Gasteiger partial charge in [0.25, 0.3) is 0 Å². The van der Waals surface area contributed by atoms with E-state index in [-0.39, 0.29) is 11.5 Å². The zero-order chi connectivity index (χ0) is 18.2. The van der Waals surface area contributed by atoms with Crippen molar-refractivity contribution >= 4 is 23.7 Å². The molecule has 0 fully saturated rings. The first-order chi connectivity index (χ1) is 12.0. The first kappa shape index (κ1) is 17.8. The van der Waals surface area contributed by atoms with Gasteiger partial charge in [-0.25, -0.2) is 5.43 Å². The van der Waals surface area contributed by atoms with Crippen LogP contribution in [-0.4, -0.2) is 37.4 Å². The number of anilines is 1. The number of rotatable bonds is 5. The van der Waals surface area contributed by atoms with Gasteiger partial charge in [-0.15, -0.1) is 0 Å². The molecule has 0 spiro atoms. The molecule has 0 aliphatic heterocycles. The van der Waals surface area contributed by atoms with Gasteiger partial charge in [0.2, 0.25) is 0 Å². The maximum Gasteiger partial charge on any atom is 0.329 e. The molecule has 2 aromatic carbocycles. The van der Waals surface area contributed by atoms with E-state index in [1.165, 1.54) is 20.4 Å². The summed E-state index contributed by atoms with van der Waals surface area (Å²) in [5, 5.41) is 16.0. The molecular weight excluding hydrogens is 326 g/mol. The van der Waals surface area contributed by atoms with Gasteiger partial charge < -0.3 is 19.9 Å². The molecule has 25 heavy (non-hydrogen) atoms. The number of carbonyl (C=O) groups is 2. The molecule has 0 aliphatic rings. The summed E-state index contributed by atoms with van der Waals surface area (Å²) in [4.78, 5) is 23.6. The average Bonchev–Trinajstić information content (AvgIpc) is 2.63. The van der Waals surface area contributed by atoms with E-state index in [1.54, 1.807) is 42.5 Å². The van der Waals surface area contributed by atoms with Crippen LogP contribution in [0.1, 0.15) is 5.56 Å². The fraction of sp³-hybridized carbons (Fsp3) is 0.118. The number of para-hydroxylation sites is 1. The molecule has 0 bridgehead atoms. The average molecular weight is 343 g/mol. The monoisotopic (exact) mass is 343 g/mol. The second-order valence-corrected chi connectivity index (χ2v) is 4.78. The molecule has 0 atom stereocenters. The Labute approximate surface area is 144 Å². The second-order valence-electron chi connectivity index (χ2n) is 4.78. The topological polar surface area (TPSA) is 109 Å². The van der Waals surface area contributed by atoms with Crippen molar-refractivity contribution in [2.45, 2.75) is 0 Å². The van der Waals surface area contributed by atoms with Crippen LogP contribution in [-0.2, 0) is 9.59 Å². The van der Waals surface area contributed by atoms with Crippen molar-refractivity contribution in [3.63, 3.8) is 0 Å². The van der Waals surface area contributed by atoms with Gasteiger partial charge in [-0.3, -0.25) is 9.59 Å². The van der Waals surface area contributed by atoms with Crippen molar-refractivity contribution in [2.75, 3.05) is 19.5 Å². The van der Waals surface area contributed by atoms with Crippen molar-refractivity contribution in [1.82, 2.24) is 5.43 Å². The lowest BCUT2D eigenvalue weighted by Gasteiger charge is -2.06. The number of amides is 2. The van der Waals surface area contributed by atoms with Crippen LogP contribution in [0.2, 0.25) is 0 Å². The molecule has 0 radical (unpaired) electrons. The van der Waals surface area contributed by atoms with Gasteiger partial charge in [0.15, 0.2) is 11.5 Å². The van der Waals surface area contributed by atoms with Crippen LogP contribution >= 0.6 is 0 Å². The SMILES string of the molecule is COc1cccc(NC(=O)C(=O)NN=Cc2cccc(OC)c2O)c1. The van der Waals surface area contributed by atoms with Crippen molar-refractivity contribution in [2.24, 2.45) is 5.10 Å². The number of phenols is 1. The van der Waals surface area contributed by atoms with E-state index in [2.05, 4.69) is 15.8 Å². The van der Waals surface area contributed by atoms with Crippen LogP contribution in [0.5, 0.6) is 17.2 Å². The summed E-state index contributed by atoms with van der Waals surface area (Å²) >= 11 is 0. The van der Waals surface area contributed by atoms with Crippen LogP contribution in [0.15, 0.2) is 47.6 Å². The molecule has 8 nitrogen and oxygen atoms in total. The molecule has 2 rings (SSSR count). The highest BCUT2D eigenvalue weighted by Crippen LogP contribution is 2.27. The second kappa shape index (κ2) is 8.34. The number of hydrogen-bond acceptors (Lipinski definition) is 6. The van der Waals surface area contributed by atoms with Gasteiger partial charge in [-0.05, 0) is 24.3 Å². The lowest BCUT2D eigenvalue weighted by atomic mass is 10.2. The van der Waals surface area contributed by atoms with E-state index in [0.29, 0.717) is 17.0 Å². The number of ether oxygens (including phenoxy) is 2. The van der Waals surface area contributed by atoms with E-state index in [4.69, 9.17) is 9.47 Å². The third-order valence-electron chi connectivity index (χ3n) is 3.15. The predicted octanol–water partition coefficient (Wildman–Crippen LogP) is 1.50. The summed E-state index contributed by atoms with van der Waals surface area (Å²) in [5.41, 5.74) is 2.82. The van der Waals surface area contributed by atoms with Gasteiger partial charge in [-0.2, -0.15) is 5.10 Å². The minimum absolute atomic E-state index is 0.121. The third-order valence-corrected chi connectivity index (χ3v) is 3.15. The Kier molecular flexibility index (Phi) is 5.94. The number of nitrogens with one attached hydrogen (secondary N) is 2. The quantitative estimate of drug-likeness (QED) is 0.433. The van der Waals surface area contributed by atoms with Gasteiger partial charge in [-0.1, -0.05) is 12.1 Å². The van der Waals surface area contributed by atoms with Crippen LogP contribution < -0.4 is 20.2 Å². The fourth-order valence-corrected chi connectivity index (χ4v) is 1.91. The van der Waals surface area contributed by atoms with Crippen LogP contribution in [0, 0.1) is 0 Å². The standard InChI is InChI=1S/C17H17N3O5/c1-24-13-7-4-6-12(9-13)19-16(22)17(23)20-18-10-11-5-3-8-14(25-2)15(11)21/h3-10,21H,1-2H3,(H,19,22)(H,20,23). The Bertz CT molecular complexity index is 805.